The number of hydrogen-bond donors (Lipinski definition) is 1. The maximum absolute atomic E-state index is 12.7. The number of ether oxygens (including phenoxy) is 2. The molecular weight excluding hydrogens is 398 g/mol. The van der Waals surface area contributed by atoms with E-state index in [0.29, 0.717) is 18.8 Å². The van der Waals surface area contributed by atoms with Crippen LogP contribution in [0.15, 0.2) is 29.2 Å². The third kappa shape index (κ3) is 6.60. The lowest BCUT2D eigenvalue weighted by Crippen LogP contribution is -2.50. The van der Waals surface area contributed by atoms with Crippen molar-refractivity contribution in [1.29, 1.82) is 0 Å². The summed E-state index contributed by atoms with van der Waals surface area (Å²) in [6.45, 7) is 6.50. The van der Waals surface area contributed by atoms with Crippen LogP contribution in [0.3, 0.4) is 0 Å². The Kier molecular flexibility index (Phi) is 7.48. The number of hydrogen-bond acceptors (Lipinski definition) is 6. The number of nitrogens with one attached hydrogen (secondary N) is 1. The normalized spacial score (nSPS) is 15.7. The van der Waals surface area contributed by atoms with Crippen molar-refractivity contribution in [2.45, 2.75) is 37.7 Å². The van der Waals surface area contributed by atoms with Crippen molar-refractivity contribution in [2.75, 3.05) is 39.8 Å². The molecule has 0 unspecified atom stereocenters. The predicted molar refractivity (Wildman–Crippen MR) is 107 cm³/mol. The van der Waals surface area contributed by atoms with E-state index >= 15 is 0 Å². The zero-order valence-electron chi connectivity index (χ0n) is 17.3. The second-order valence-electron chi connectivity index (χ2n) is 7.64. The van der Waals surface area contributed by atoms with Crippen LogP contribution in [0.4, 0.5) is 4.79 Å². The van der Waals surface area contributed by atoms with Crippen molar-refractivity contribution in [3.63, 3.8) is 0 Å². The zero-order chi connectivity index (χ0) is 21.7. The lowest BCUT2D eigenvalue weighted by atomic mass is 10.2. The lowest BCUT2D eigenvalue weighted by Gasteiger charge is -2.34. The fourth-order valence-electron chi connectivity index (χ4n) is 2.82. The molecule has 0 bridgehead atoms. The first kappa shape index (κ1) is 23.0. The van der Waals surface area contributed by atoms with E-state index in [0.717, 1.165) is 0 Å². The van der Waals surface area contributed by atoms with Crippen LogP contribution in [0.5, 0.6) is 5.75 Å². The number of carbonyl (C=O) groups excluding carboxylic acids is 2. The van der Waals surface area contributed by atoms with Crippen LogP contribution in [0.2, 0.25) is 0 Å². The summed E-state index contributed by atoms with van der Waals surface area (Å²) < 4.78 is 37.0. The van der Waals surface area contributed by atoms with Crippen molar-refractivity contribution in [2.24, 2.45) is 0 Å². The van der Waals surface area contributed by atoms with Crippen molar-refractivity contribution < 1.29 is 27.5 Å². The summed E-state index contributed by atoms with van der Waals surface area (Å²) in [5.74, 6) is 0.446. The van der Waals surface area contributed by atoms with E-state index in [4.69, 9.17) is 9.47 Å². The molecule has 0 aliphatic carbocycles. The number of sulfonamides is 1. The predicted octanol–water partition coefficient (Wildman–Crippen LogP) is 1.44. The van der Waals surface area contributed by atoms with E-state index in [1.165, 1.54) is 23.5 Å². The Bertz CT molecular complexity index is 809. The summed E-state index contributed by atoms with van der Waals surface area (Å²) >= 11 is 0. The molecule has 0 atom stereocenters. The molecule has 1 aromatic rings. The molecule has 162 valence electrons. The van der Waals surface area contributed by atoms with Gasteiger partial charge in [0.1, 0.15) is 11.4 Å². The van der Waals surface area contributed by atoms with Crippen LogP contribution < -0.4 is 10.1 Å². The Morgan fingerprint density at radius 2 is 1.66 bits per heavy atom. The molecular formula is C19H29N3O6S. The molecule has 1 fully saturated rings. The van der Waals surface area contributed by atoms with Gasteiger partial charge in [0.2, 0.25) is 15.9 Å². The number of carbonyl (C=O) groups is 2. The largest absolute Gasteiger partial charge is 0.497 e. The standard InChI is InChI=1S/C19H29N3O6S/c1-19(2,3)28-18(24)20-10-9-17(23)21-11-13-22(14-12-21)29(25,26)16-7-5-15(27-4)6-8-16/h5-8H,9-14H2,1-4H3,(H,20,24). The summed E-state index contributed by atoms with van der Waals surface area (Å²) in [7, 11) is -2.10. The molecule has 10 heteroatoms. The zero-order valence-corrected chi connectivity index (χ0v) is 18.1. The van der Waals surface area contributed by atoms with Crippen LogP contribution in [-0.4, -0.2) is 75.1 Å². The minimum atomic E-state index is -3.62. The number of piperazine rings is 1. The fourth-order valence-corrected chi connectivity index (χ4v) is 4.24. The SMILES string of the molecule is COc1ccc(S(=O)(=O)N2CCN(C(=O)CCNC(=O)OC(C)(C)C)CC2)cc1. The van der Waals surface area contributed by atoms with Gasteiger partial charge in [-0.1, -0.05) is 0 Å². The van der Waals surface area contributed by atoms with Gasteiger partial charge in [-0.25, -0.2) is 13.2 Å². The molecule has 2 amide bonds. The number of rotatable bonds is 6. The first-order chi connectivity index (χ1) is 13.5. The molecule has 0 spiro atoms. The monoisotopic (exact) mass is 427 g/mol. The topological polar surface area (TPSA) is 105 Å². The van der Waals surface area contributed by atoms with Gasteiger partial charge >= 0.3 is 6.09 Å². The summed E-state index contributed by atoms with van der Waals surface area (Å²) in [5.41, 5.74) is -0.597. The minimum Gasteiger partial charge on any atom is -0.497 e. The number of methoxy groups -OCH3 is 1. The van der Waals surface area contributed by atoms with Crippen LogP contribution in [-0.2, 0) is 19.6 Å². The third-order valence-corrected chi connectivity index (χ3v) is 6.21. The van der Waals surface area contributed by atoms with Crippen molar-refractivity contribution in [3.8, 4) is 5.75 Å². The fraction of sp³-hybridized carbons (Fsp3) is 0.579. The second kappa shape index (κ2) is 9.45. The maximum atomic E-state index is 12.7. The van der Waals surface area contributed by atoms with Gasteiger partial charge in [-0.3, -0.25) is 4.79 Å². The van der Waals surface area contributed by atoms with Crippen molar-refractivity contribution >= 4 is 22.0 Å². The molecule has 1 aliphatic heterocycles. The highest BCUT2D eigenvalue weighted by Gasteiger charge is 2.30. The van der Waals surface area contributed by atoms with Gasteiger partial charge in [0, 0.05) is 39.1 Å². The Morgan fingerprint density at radius 1 is 1.07 bits per heavy atom. The summed E-state index contributed by atoms with van der Waals surface area (Å²) in [4.78, 5) is 25.7. The highest BCUT2D eigenvalue weighted by Crippen LogP contribution is 2.20. The molecule has 0 radical (unpaired) electrons. The highest BCUT2D eigenvalue weighted by atomic mass is 32.2. The maximum Gasteiger partial charge on any atom is 0.407 e. The summed E-state index contributed by atoms with van der Waals surface area (Å²) in [5, 5.41) is 2.55. The second-order valence-corrected chi connectivity index (χ2v) is 9.58. The van der Waals surface area contributed by atoms with Gasteiger partial charge in [-0.15, -0.1) is 0 Å². The average molecular weight is 428 g/mol. The molecule has 1 heterocycles. The molecule has 1 N–H and O–H groups in total. The Balaban J connectivity index is 1.81. The quantitative estimate of drug-likeness (QED) is 0.737. The van der Waals surface area contributed by atoms with Gasteiger partial charge in [0.25, 0.3) is 0 Å². The van der Waals surface area contributed by atoms with Crippen molar-refractivity contribution in [3.05, 3.63) is 24.3 Å². The number of amides is 2. The van der Waals surface area contributed by atoms with E-state index in [-0.39, 0.29) is 36.9 Å². The van der Waals surface area contributed by atoms with Crippen molar-refractivity contribution in [1.82, 2.24) is 14.5 Å². The van der Waals surface area contributed by atoms with Crippen LogP contribution >= 0.6 is 0 Å². The number of nitrogens with zero attached hydrogens (tertiary/aromatic N) is 2. The summed E-state index contributed by atoms with van der Waals surface area (Å²) in [6.07, 6.45) is -0.439. The average Bonchev–Trinajstić information content (AvgIpc) is 2.66. The molecule has 1 aliphatic rings. The minimum absolute atomic E-state index is 0.129. The molecule has 2 rings (SSSR count). The van der Waals surface area contributed by atoms with Crippen LogP contribution in [0, 0.1) is 0 Å². The van der Waals surface area contributed by atoms with Gasteiger partial charge in [0.15, 0.2) is 0 Å². The highest BCUT2D eigenvalue weighted by molar-refractivity contribution is 7.89. The molecule has 9 nitrogen and oxygen atoms in total. The third-order valence-electron chi connectivity index (χ3n) is 4.30. The van der Waals surface area contributed by atoms with E-state index in [1.807, 2.05) is 0 Å². The van der Waals surface area contributed by atoms with E-state index in [1.54, 1.807) is 37.8 Å². The molecule has 0 aromatic heterocycles. The Labute approximate surface area is 172 Å². The molecule has 0 saturated carbocycles. The lowest BCUT2D eigenvalue weighted by molar-refractivity contribution is -0.132. The van der Waals surface area contributed by atoms with Gasteiger partial charge in [0.05, 0.1) is 12.0 Å². The van der Waals surface area contributed by atoms with Gasteiger partial charge in [-0.2, -0.15) is 4.31 Å². The first-order valence-corrected chi connectivity index (χ1v) is 10.9. The van der Waals surface area contributed by atoms with E-state index < -0.39 is 21.7 Å². The van der Waals surface area contributed by atoms with Gasteiger partial charge in [-0.05, 0) is 45.0 Å². The van der Waals surface area contributed by atoms with E-state index in [2.05, 4.69) is 5.32 Å². The smallest absolute Gasteiger partial charge is 0.407 e. The molecule has 1 aromatic carbocycles. The van der Waals surface area contributed by atoms with Crippen LogP contribution in [0.1, 0.15) is 27.2 Å². The number of alkyl carbamates (subject to hydrolysis) is 1. The van der Waals surface area contributed by atoms with Crippen LogP contribution in [0.25, 0.3) is 0 Å². The molecule has 29 heavy (non-hydrogen) atoms. The van der Waals surface area contributed by atoms with Gasteiger partial charge < -0.3 is 19.7 Å². The Hall–Kier alpha value is -2.33. The van der Waals surface area contributed by atoms with E-state index in [9.17, 15) is 18.0 Å². The molecule has 1 saturated heterocycles. The number of benzene rings is 1. The summed E-state index contributed by atoms with van der Waals surface area (Å²) in [6, 6.07) is 6.22. The first-order valence-electron chi connectivity index (χ1n) is 9.42. The Morgan fingerprint density at radius 3 is 2.17 bits per heavy atom.